The molecule has 2 aliphatic heterocycles. The summed E-state index contributed by atoms with van der Waals surface area (Å²) in [6, 6.07) is 35.2. The van der Waals surface area contributed by atoms with E-state index in [2.05, 4.69) is 135 Å². The Morgan fingerprint density at radius 2 is 0.619 bits per heavy atom. The predicted molar refractivity (Wildman–Crippen MR) is 173 cm³/mol. The monoisotopic (exact) mass is 556 g/mol. The zero-order valence-electron chi connectivity index (χ0n) is 25.4. The quantitative estimate of drug-likeness (QED) is 0.230. The van der Waals surface area contributed by atoms with Gasteiger partial charge >= 0.3 is 0 Å². The summed E-state index contributed by atoms with van der Waals surface area (Å²) >= 11 is 0. The number of aryl methyl sites for hydroxylation is 4. The highest BCUT2D eigenvalue weighted by Crippen LogP contribution is 2.52. The second kappa shape index (κ2) is 12.4. The molecule has 0 saturated carbocycles. The van der Waals surface area contributed by atoms with Crippen LogP contribution in [0.5, 0.6) is 0 Å². The summed E-state index contributed by atoms with van der Waals surface area (Å²) in [5.74, 6) is -0.0738. The molecule has 42 heavy (non-hydrogen) atoms. The summed E-state index contributed by atoms with van der Waals surface area (Å²) in [5.41, 5.74) is 9.99. The van der Waals surface area contributed by atoms with Gasteiger partial charge in [0.1, 0.15) is 5.78 Å². The van der Waals surface area contributed by atoms with Crippen molar-refractivity contribution in [1.82, 2.24) is 10.6 Å². The van der Waals surface area contributed by atoms with Crippen LogP contribution in [0.25, 0.3) is 0 Å². The minimum Gasteiger partial charge on any atom is -0.302 e. The van der Waals surface area contributed by atoms with Crippen LogP contribution in [0.3, 0.4) is 0 Å². The average Bonchev–Trinajstić information content (AvgIpc) is 3.05. The summed E-state index contributed by atoms with van der Waals surface area (Å²) in [6.07, 6.45) is 4.01. The van der Waals surface area contributed by atoms with Gasteiger partial charge in [0.2, 0.25) is 0 Å². The Labute approximate surface area is 251 Å². The number of benzene rings is 4. The Morgan fingerprint density at radius 3 is 0.810 bits per heavy atom. The van der Waals surface area contributed by atoms with Crippen molar-refractivity contribution in [2.45, 2.75) is 77.5 Å². The van der Waals surface area contributed by atoms with Crippen molar-refractivity contribution in [3.63, 3.8) is 0 Å². The molecule has 4 aromatic carbocycles. The number of rotatable bonds is 8. The van der Waals surface area contributed by atoms with Gasteiger partial charge in [-0.25, -0.2) is 0 Å². The Balaban J connectivity index is 1.49. The summed E-state index contributed by atoms with van der Waals surface area (Å²) in [4.78, 5) is 15.0. The molecule has 2 heterocycles. The molecule has 0 spiro atoms. The lowest BCUT2D eigenvalue weighted by molar-refractivity contribution is -0.139. The van der Waals surface area contributed by atoms with Crippen molar-refractivity contribution in [1.29, 1.82) is 0 Å². The van der Waals surface area contributed by atoms with Crippen LogP contribution in [0.2, 0.25) is 0 Å². The molecule has 4 aromatic rings. The Bertz CT molecular complexity index is 1270. The zero-order valence-corrected chi connectivity index (χ0v) is 25.4. The van der Waals surface area contributed by atoms with Gasteiger partial charge in [-0.3, -0.25) is 4.79 Å². The molecule has 2 bridgehead atoms. The number of carbonyl (C=O) groups is 1. The minimum absolute atomic E-state index is 0.0951. The van der Waals surface area contributed by atoms with Crippen molar-refractivity contribution in [2.24, 2.45) is 11.8 Å². The average molecular weight is 557 g/mol. The van der Waals surface area contributed by atoms with Crippen molar-refractivity contribution in [3.05, 3.63) is 142 Å². The van der Waals surface area contributed by atoms with E-state index in [0.717, 1.165) is 25.7 Å². The van der Waals surface area contributed by atoms with E-state index in [4.69, 9.17) is 0 Å². The maximum Gasteiger partial charge on any atom is 0.146 e. The molecule has 216 valence electrons. The summed E-state index contributed by atoms with van der Waals surface area (Å²) in [7, 11) is 0. The Hall–Kier alpha value is -3.53. The molecule has 0 radical (unpaired) electrons. The van der Waals surface area contributed by atoms with Crippen LogP contribution in [-0.2, 0) is 30.5 Å². The van der Waals surface area contributed by atoms with Gasteiger partial charge in [0.15, 0.2) is 0 Å². The number of nitrogens with one attached hydrogen (secondary N) is 2. The van der Waals surface area contributed by atoms with Gasteiger partial charge in [-0.05, 0) is 70.2 Å². The number of hydrogen-bond donors (Lipinski definition) is 2. The Kier molecular flexibility index (Phi) is 8.42. The predicted octanol–water partition coefficient (Wildman–Crippen LogP) is 8.21. The van der Waals surface area contributed by atoms with Crippen LogP contribution in [0.15, 0.2) is 97.1 Å². The van der Waals surface area contributed by atoms with Crippen LogP contribution >= 0.6 is 0 Å². The molecule has 2 aliphatic rings. The lowest BCUT2D eigenvalue weighted by Crippen LogP contribution is -2.60. The number of carbonyl (C=O) groups excluding carboxylic acids is 1. The van der Waals surface area contributed by atoms with E-state index < -0.39 is 0 Å². The highest BCUT2D eigenvalue weighted by molar-refractivity contribution is 5.89. The molecule has 0 aromatic heterocycles. The van der Waals surface area contributed by atoms with E-state index in [9.17, 15) is 4.79 Å². The maximum atomic E-state index is 15.0. The van der Waals surface area contributed by atoms with Gasteiger partial charge in [-0.2, -0.15) is 0 Å². The second-order valence-corrected chi connectivity index (χ2v) is 12.1. The van der Waals surface area contributed by atoms with Crippen LogP contribution in [-0.4, -0.2) is 5.78 Å². The third kappa shape index (κ3) is 5.37. The highest BCUT2D eigenvalue weighted by atomic mass is 16.1. The van der Waals surface area contributed by atoms with Crippen molar-refractivity contribution in [3.8, 4) is 0 Å². The third-order valence-corrected chi connectivity index (χ3v) is 9.80. The molecule has 6 rings (SSSR count). The fourth-order valence-corrected chi connectivity index (χ4v) is 7.12. The lowest BCUT2D eigenvalue weighted by Gasteiger charge is -2.52. The smallest absolute Gasteiger partial charge is 0.146 e. The molecule has 2 N–H and O–H groups in total. The first kappa shape index (κ1) is 28.6. The topological polar surface area (TPSA) is 41.1 Å². The van der Waals surface area contributed by atoms with Crippen LogP contribution in [0.1, 0.15) is 96.4 Å². The summed E-state index contributed by atoms with van der Waals surface area (Å²) < 4.78 is 0. The SMILES string of the molecule is CCc1ccc([C@H]2N[C@@H](c3ccc(CC)cc3)C3C(=O)C2[C@@H](c2ccc(CC)cc2)N[C@H]3c2ccc(CC)cc2)cc1. The zero-order chi connectivity index (χ0) is 29.2. The minimum atomic E-state index is -0.215. The highest BCUT2D eigenvalue weighted by Gasteiger charge is 2.55. The number of piperidine rings is 2. The first-order chi connectivity index (χ1) is 20.5. The molecule has 2 saturated heterocycles. The first-order valence-electron chi connectivity index (χ1n) is 16.0. The van der Waals surface area contributed by atoms with E-state index in [-0.39, 0.29) is 36.0 Å². The van der Waals surface area contributed by atoms with Crippen molar-refractivity contribution in [2.75, 3.05) is 0 Å². The standard InChI is InChI=1S/C39H44N2O/c1-5-25-9-17-29(18-10-25)35-33-36(30-19-11-26(6-2)12-20-30)41-38(32-23-15-28(8-4)16-24-32)34(39(33)42)37(40-35)31-21-13-27(7-3)14-22-31/h9-24,33-38,40-41H,5-8H2,1-4H3/t33?,34?,35-,36-,37+,38+. The fraction of sp³-hybridized carbons (Fsp3) is 0.359. The van der Waals surface area contributed by atoms with Crippen molar-refractivity contribution >= 4 is 5.78 Å². The second-order valence-electron chi connectivity index (χ2n) is 12.1. The molecule has 0 unspecified atom stereocenters. The van der Waals surface area contributed by atoms with Gasteiger partial charge in [-0.15, -0.1) is 0 Å². The first-order valence-corrected chi connectivity index (χ1v) is 16.0. The summed E-state index contributed by atoms with van der Waals surface area (Å²) in [5, 5.41) is 8.15. The molecule has 0 amide bonds. The van der Waals surface area contributed by atoms with Gasteiger partial charge < -0.3 is 10.6 Å². The van der Waals surface area contributed by atoms with Gasteiger partial charge in [0, 0.05) is 24.2 Å². The number of fused-ring (bicyclic) bond motifs is 2. The van der Waals surface area contributed by atoms with E-state index in [1.807, 2.05) is 0 Å². The molecule has 4 atom stereocenters. The van der Waals surface area contributed by atoms with Crippen molar-refractivity contribution < 1.29 is 4.79 Å². The molecule has 2 fully saturated rings. The van der Waals surface area contributed by atoms with E-state index in [1.165, 1.54) is 44.5 Å². The maximum absolute atomic E-state index is 15.0. The van der Waals surface area contributed by atoms with Gasteiger partial charge in [0.25, 0.3) is 0 Å². The van der Waals surface area contributed by atoms with Gasteiger partial charge in [-0.1, -0.05) is 125 Å². The number of hydrogen-bond acceptors (Lipinski definition) is 3. The molecule has 3 nitrogen and oxygen atoms in total. The van der Waals surface area contributed by atoms with E-state index in [0.29, 0.717) is 5.78 Å². The molecule has 3 heteroatoms. The molecular weight excluding hydrogens is 512 g/mol. The molecule has 0 aliphatic carbocycles. The third-order valence-electron chi connectivity index (χ3n) is 9.80. The van der Waals surface area contributed by atoms with Crippen LogP contribution in [0.4, 0.5) is 0 Å². The van der Waals surface area contributed by atoms with Crippen LogP contribution in [0, 0.1) is 11.8 Å². The van der Waals surface area contributed by atoms with E-state index in [1.54, 1.807) is 0 Å². The van der Waals surface area contributed by atoms with E-state index >= 15 is 0 Å². The largest absolute Gasteiger partial charge is 0.302 e. The van der Waals surface area contributed by atoms with Crippen LogP contribution < -0.4 is 10.6 Å². The fourth-order valence-electron chi connectivity index (χ4n) is 7.12. The normalized spacial score (nSPS) is 25.4. The summed E-state index contributed by atoms with van der Waals surface area (Å²) in [6.45, 7) is 8.75. The number of Topliss-reactive ketones (excluding diaryl/α,β-unsaturated/α-hetero) is 1. The lowest BCUT2D eigenvalue weighted by atomic mass is 9.64. The number of ketones is 1. The van der Waals surface area contributed by atoms with Gasteiger partial charge in [0.05, 0.1) is 11.8 Å². The Morgan fingerprint density at radius 1 is 0.405 bits per heavy atom. The molecular formula is C39H44N2O.